The number of hydrogen-bond donors (Lipinski definition) is 0. The Morgan fingerprint density at radius 1 is 0.889 bits per heavy atom. The van der Waals surface area contributed by atoms with Gasteiger partial charge in [-0.2, -0.15) is 11.8 Å². The summed E-state index contributed by atoms with van der Waals surface area (Å²) in [4.78, 5) is 20.6. The van der Waals surface area contributed by atoms with Gasteiger partial charge in [-0.3, -0.25) is 0 Å². The van der Waals surface area contributed by atoms with Gasteiger partial charge in [-0.1, -0.05) is 59.5 Å². The van der Waals surface area contributed by atoms with Crippen molar-refractivity contribution in [2.75, 3.05) is 11.2 Å². The molecule has 0 saturated heterocycles. The maximum atomic E-state index is 10.3. The second-order valence-electron chi connectivity index (χ2n) is 4.12. The number of thioether (sulfide) groups is 1. The second kappa shape index (κ2) is 18.8. The molecule has 98 valence electrons. The van der Waals surface area contributed by atoms with Gasteiger partial charge >= 0.3 is 103 Å². The molecule has 0 aliphatic rings. The van der Waals surface area contributed by atoms with Crippen molar-refractivity contribution < 1.29 is 117 Å². The van der Waals surface area contributed by atoms with E-state index in [1.807, 2.05) is 0 Å². The predicted molar refractivity (Wildman–Crippen MR) is 67.5 cm³/mol. The molecule has 0 heterocycles. The molecule has 0 N–H and O–H groups in total. The first kappa shape index (κ1) is 26.7. The first-order valence-electron chi connectivity index (χ1n) is 6.15. The maximum Gasteiger partial charge on any atom is 1.00 e. The molecule has 0 radical (unpaired) electrons. The molecule has 18 heavy (non-hydrogen) atoms. The molecule has 0 amide bonds. The smallest absolute Gasteiger partial charge is 0.810 e. The zero-order valence-corrected chi connectivity index (χ0v) is 20.1. The van der Waals surface area contributed by atoms with Gasteiger partial charge in [0.05, 0.1) is 0 Å². The van der Waals surface area contributed by atoms with Gasteiger partial charge in [0.15, 0.2) is 0 Å². The van der Waals surface area contributed by atoms with Crippen molar-refractivity contribution in [3.63, 3.8) is 0 Å². The first-order chi connectivity index (χ1) is 7.56. The summed E-state index contributed by atoms with van der Waals surface area (Å²) in [6.07, 6.45) is 9.96. The monoisotopic (exact) mass is 344 g/mol. The topological polar surface area (TPSA) is 63.2 Å². The van der Waals surface area contributed by atoms with Gasteiger partial charge < -0.3 is 14.4 Å². The minimum absolute atomic E-state index is 0. The molecule has 0 unspecified atom stereocenters. The van der Waals surface area contributed by atoms with E-state index in [1.54, 1.807) is 0 Å². The van der Waals surface area contributed by atoms with Crippen LogP contribution in [-0.2, 0) is 4.57 Å². The van der Waals surface area contributed by atoms with Crippen molar-refractivity contribution in [3.05, 3.63) is 0 Å². The molecular weight excluding hydrogens is 321 g/mol. The summed E-state index contributed by atoms with van der Waals surface area (Å²) < 4.78 is 10.3. The number of hydrogen-bond acceptors (Lipinski definition) is 4. The average Bonchev–Trinajstić information content (AvgIpc) is 2.19. The van der Waals surface area contributed by atoms with Gasteiger partial charge in [-0.25, -0.2) is 0 Å². The molecule has 0 atom stereocenters. The van der Waals surface area contributed by atoms with E-state index in [-0.39, 0.29) is 108 Å². The van der Waals surface area contributed by atoms with E-state index in [0.717, 1.165) is 18.6 Å². The normalized spacial score (nSPS) is 10.6. The quantitative estimate of drug-likeness (QED) is 0.224. The van der Waals surface area contributed by atoms with Crippen molar-refractivity contribution in [3.8, 4) is 0 Å². The van der Waals surface area contributed by atoms with Crippen LogP contribution in [0.1, 0.15) is 58.3 Å². The third-order valence-corrected chi connectivity index (χ3v) is 4.96. The molecule has 0 aromatic heterocycles. The minimum Gasteiger partial charge on any atom is -0.810 e. The van der Waals surface area contributed by atoms with E-state index >= 15 is 0 Å². The van der Waals surface area contributed by atoms with Crippen molar-refractivity contribution in [2.45, 2.75) is 58.3 Å². The molecule has 0 aromatic rings. The Morgan fingerprint density at radius 3 is 1.78 bits per heavy atom. The van der Waals surface area contributed by atoms with Crippen LogP contribution < -0.4 is 113 Å². The van der Waals surface area contributed by atoms with Crippen LogP contribution in [-0.4, -0.2) is 11.2 Å². The molecule has 0 aliphatic carbocycles. The standard InChI is InChI=1S/C11H25O3PS.2K/c1-2-3-4-5-6-7-8-9-10-16-11-15(12,13)14;;/h2-11H2,1H3,(H2,12,13,14);;/q;2*+1/p-2. The van der Waals surface area contributed by atoms with Crippen LogP contribution in [0.15, 0.2) is 0 Å². The van der Waals surface area contributed by atoms with Crippen LogP contribution in [0.3, 0.4) is 0 Å². The summed E-state index contributed by atoms with van der Waals surface area (Å²) in [5, 5.41) is 0. The number of rotatable bonds is 11. The van der Waals surface area contributed by atoms with Crippen molar-refractivity contribution in [2.24, 2.45) is 0 Å². The molecule has 0 bridgehead atoms. The summed E-state index contributed by atoms with van der Waals surface area (Å²) in [5.74, 6) is 0.795. The Morgan fingerprint density at radius 2 is 1.33 bits per heavy atom. The molecule has 0 saturated carbocycles. The average molecular weight is 345 g/mol. The Hall–Kier alpha value is 3.77. The predicted octanol–water partition coefficient (Wildman–Crippen LogP) is -3.26. The molecule has 0 aromatic carbocycles. The molecule has 0 aliphatic heterocycles. The third-order valence-electron chi connectivity index (χ3n) is 2.39. The van der Waals surface area contributed by atoms with E-state index in [1.165, 1.54) is 50.3 Å². The Bertz CT molecular complexity index is 203. The van der Waals surface area contributed by atoms with E-state index in [2.05, 4.69) is 6.92 Å². The largest absolute Gasteiger partial charge is 1.00 e. The summed E-state index contributed by atoms with van der Waals surface area (Å²) in [7, 11) is -4.28. The summed E-state index contributed by atoms with van der Waals surface area (Å²) >= 11 is 1.24. The fourth-order valence-electron chi connectivity index (χ4n) is 1.51. The van der Waals surface area contributed by atoms with E-state index in [9.17, 15) is 14.4 Å². The van der Waals surface area contributed by atoms with Gasteiger partial charge in [-0.05, 0) is 12.2 Å². The number of unbranched alkanes of at least 4 members (excludes halogenated alkanes) is 7. The fourth-order valence-corrected chi connectivity index (χ4v) is 3.33. The molecule has 7 heteroatoms. The van der Waals surface area contributed by atoms with E-state index in [0.29, 0.717) is 0 Å². The van der Waals surface area contributed by atoms with Crippen LogP contribution in [0.25, 0.3) is 0 Å². The van der Waals surface area contributed by atoms with Crippen molar-refractivity contribution in [1.82, 2.24) is 0 Å². The maximum absolute atomic E-state index is 10.3. The SMILES string of the molecule is CCCCCCCCCCSCP(=O)([O-])[O-].[K+].[K+]. The first-order valence-corrected chi connectivity index (χ1v) is 9.03. The van der Waals surface area contributed by atoms with Crippen molar-refractivity contribution in [1.29, 1.82) is 0 Å². The van der Waals surface area contributed by atoms with E-state index < -0.39 is 7.60 Å². The van der Waals surface area contributed by atoms with Crippen LogP contribution in [0.4, 0.5) is 0 Å². The molecule has 0 spiro atoms. The van der Waals surface area contributed by atoms with E-state index in [4.69, 9.17) is 0 Å². The third kappa shape index (κ3) is 24.8. The van der Waals surface area contributed by atoms with Gasteiger partial charge in [0, 0.05) is 5.49 Å². The zero-order chi connectivity index (χ0) is 12.3. The Kier molecular flexibility index (Phi) is 27.9. The molecule has 0 fully saturated rings. The van der Waals surface area contributed by atoms with Crippen LogP contribution >= 0.6 is 19.4 Å². The van der Waals surface area contributed by atoms with Crippen LogP contribution in [0.2, 0.25) is 0 Å². The van der Waals surface area contributed by atoms with Crippen LogP contribution in [0, 0.1) is 0 Å². The second-order valence-corrected chi connectivity index (χ2v) is 7.19. The Labute approximate surface area is 201 Å². The summed E-state index contributed by atoms with van der Waals surface area (Å²) in [5.41, 5.74) is -0.247. The summed E-state index contributed by atoms with van der Waals surface area (Å²) in [6.45, 7) is 2.21. The zero-order valence-electron chi connectivity index (χ0n) is 12.2. The minimum atomic E-state index is -4.28. The fraction of sp³-hybridized carbons (Fsp3) is 1.00. The molecule has 3 nitrogen and oxygen atoms in total. The van der Waals surface area contributed by atoms with Gasteiger partial charge in [0.1, 0.15) is 0 Å². The van der Waals surface area contributed by atoms with Crippen molar-refractivity contribution >= 4 is 19.4 Å². The molecular formula is C11H23K2O3PS. The van der Waals surface area contributed by atoms with Gasteiger partial charge in [0.2, 0.25) is 0 Å². The molecule has 0 rings (SSSR count). The van der Waals surface area contributed by atoms with Gasteiger partial charge in [-0.15, -0.1) is 0 Å². The Balaban J connectivity index is -0.00000112. The summed E-state index contributed by atoms with van der Waals surface area (Å²) in [6, 6.07) is 0. The van der Waals surface area contributed by atoms with Crippen LogP contribution in [0.5, 0.6) is 0 Å². The van der Waals surface area contributed by atoms with Gasteiger partial charge in [0.25, 0.3) is 0 Å².